The van der Waals surface area contributed by atoms with Gasteiger partial charge in [-0.15, -0.1) is 5.73 Å². The summed E-state index contributed by atoms with van der Waals surface area (Å²) < 4.78 is 5.51. The number of hydrogen-bond donors (Lipinski definition) is 0. The highest BCUT2D eigenvalue weighted by molar-refractivity contribution is 5.23. The Bertz CT molecular complexity index is 387. The van der Waals surface area contributed by atoms with Gasteiger partial charge in [-0.05, 0) is 36.3 Å². The zero-order chi connectivity index (χ0) is 11.4. The average Bonchev–Trinajstić information content (AvgIpc) is 2.39. The van der Waals surface area contributed by atoms with Gasteiger partial charge < -0.3 is 4.74 Å². The second-order valence-corrected chi connectivity index (χ2v) is 4.31. The molecule has 0 amide bonds. The van der Waals surface area contributed by atoms with Gasteiger partial charge in [0.05, 0.1) is 6.10 Å². The van der Waals surface area contributed by atoms with E-state index in [1.54, 1.807) is 7.11 Å². The summed E-state index contributed by atoms with van der Waals surface area (Å²) in [5.41, 5.74) is 5.67. The van der Waals surface area contributed by atoms with E-state index < -0.39 is 0 Å². The molecule has 1 saturated carbocycles. The molecule has 0 heterocycles. The number of hydrogen-bond acceptors (Lipinski definition) is 1. The standard InChI is InChI=1S/C15H18O/c1-3-12-9-10-14(11-15(12)16-2)13-7-5-4-6-8-13/h4-8,14-15H,1,9-11H2,2H3/t14-,15+/m0/s1. The van der Waals surface area contributed by atoms with Crippen LogP contribution in [0.25, 0.3) is 0 Å². The molecule has 1 nitrogen and oxygen atoms in total. The second kappa shape index (κ2) is 5.16. The molecule has 2 atom stereocenters. The van der Waals surface area contributed by atoms with E-state index in [-0.39, 0.29) is 6.10 Å². The maximum Gasteiger partial charge on any atom is 0.0860 e. The summed E-state index contributed by atoms with van der Waals surface area (Å²) in [4.78, 5) is 0. The average molecular weight is 214 g/mol. The van der Waals surface area contributed by atoms with Crippen LogP contribution in [0.3, 0.4) is 0 Å². The molecule has 0 bridgehead atoms. The summed E-state index contributed by atoms with van der Waals surface area (Å²) in [5.74, 6) is 0.614. The van der Waals surface area contributed by atoms with Gasteiger partial charge in [-0.3, -0.25) is 0 Å². The van der Waals surface area contributed by atoms with Crippen molar-refractivity contribution in [2.45, 2.75) is 31.3 Å². The zero-order valence-electron chi connectivity index (χ0n) is 9.78. The highest BCUT2D eigenvalue weighted by Gasteiger charge is 2.26. The lowest BCUT2D eigenvalue weighted by Crippen LogP contribution is -2.22. The predicted molar refractivity (Wildman–Crippen MR) is 66.5 cm³/mol. The van der Waals surface area contributed by atoms with Gasteiger partial charge in [-0.25, -0.2) is 0 Å². The Balaban J connectivity index is 2.14. The van der Waals surface area contributed by atoms with Crippen LogP contribution in [0.2, 0.25) is 0 Å². The molecule has 84 valence electrons. The lowest BCUT2D eigenvalue weighted by atomic mass is 9.80. The Morgan fingerprint density at radius 3 is 2.69 bits per heavy atom. The molecule has 2 rings (SSSR count). The van der Waals surface area contributed by atoms with Crippen molar-refractivity contribution in [3.8, 4) is 0 Å². The first kappa shape index (κ1) is 11.2. The van der Waals surface area contributed by atoms with Gasteiger partial charge in [-0.1, -0.05) is 36.9 Å². The second-order valence-electron chi connectivity index (χ2n) is 4.31. The normalized spacial score (nSPS) is 25.2. The minimum absolute atomic E-state index is 0.205. The highest BCUT2D eigenvalue weighted by Crippen LogP contribution is 2.36. The molecular formula is C15H18O. The Labute approximate surface area is 97.4 Å². The number of methoxy groups -OCH3 is 1. The summed E-state index contributed by atoms with van der Waals surface area (Å²) in [5, 5.41) is 0. The van der Waals surface area contributed by atoms with E-state index in [2.05, 4.69) is 42.6 Å². The predicted octanol–water partition coefficient (Wildman–Crippen LogP) is 3.68. The Kier molecular flexibility index (Phi) is 3.61. The van der Waals surface area contributed by atoms with Crippen LogP contribution in [0, 0.1) is 0 Å². The topological polar surface area (TPSA) is 9.23 Å². The van der Waals surface area contributed by atoms with Crippen LogP contribution in [0.5, 0.6) is 0 Å². The number of benzene rings is 1. The maximum atomic E-state index is 5.51. The van der Waals surface area contributed by atoms with Gasteiger partial charge in [0, 0.05) is 7.11 Å². The van der Waals surface area contributed by atoms with Crippen molar-refractivity contribution in [2.24, 2.45) is 0 Å². The molecular weight excluding hydrogens is 196 g/mol. The van der Waals surface area contributed by atoms with Crippen molar-refractivity contribution in [1.29, 1.82) is 0 Å². The van der Waals surface area contributed by atoms with Gasteiger partial charge in [0.15, 0.2) is 0 Å². The summed E-state index contributed by atoms with van der Waals surface area (Å²) in [7, 11) is 1.77. The minimum atomic E-state index is 0.205. The third-order valence-electron chi connectivity index (χ3n) is 3.43. The quantitative estimate of drug-likeness (QED) is 0.682. The lowest BCUT2D eigenvalue weighted by Gasteiger charge is -2.29. The van der Waals surface area contributed by atoms with E-state index in [9.17, 15) is 0 Å². The first-order valence-electron chi connectivity index (χ1n) is 5.81. The monoisotopic (exact) mass is 214 g/mol. The van der Waals surface area contributed by atoms with Crippen LogP contribution in [-0.2, 0) is 4.74 Å². The van der Waals surface area contributed by atoms with Gasteiger partial charge in [0.1, 0.15) is 0 Å². The molecule has 0 saturated heterocycles. The van der Waals surface area contributed by atoms with Crippen molar-refractivity contribution < 1.29 is 4.74 Å². The molecule has 0 radical (unpaired) electrons. The smallest absolute Gasteiger partial charge is 0.0860 e. The van der Waals surface area contributed by atoms with Gasteiger partial charge in [0.25, 0.3) is 0 Å². The Morgan fingerprint density at radius 2 is 2.06 bits per heavy atom. The first-order chi connectivity index (χ1) is 7.85. The van der Waals surface area contributed by atoms with E-state index >= 15 is 0 Å². The van der Waals surface area contributed by atoms with Crippen LogP contribution in [0.1, 0.15) is 30.7 Å². The largest absolute Gasteiger partial charge is 0.376 e. The van der Waals surface area contributed by atoms with Crippen LogP contribution < -0.4 is 0 Å². The maximum absolute atomic E-state index is 5.51. The summed E-state index contributed by atoms with van der Waals surface area (Å²) in [6.07, 6.45) is 3.50. The molecule has 1 aromatic rings. The molecule has 1 heteroatoms. The lowest BCUT2D eigenvalue weighted by molar-refractivity contribution is 0.102. The molecule has 0 aromatic heterocycles. The molecule has 0 N–H and O–H groups in total. The van der Waals surface area contributed by atoms with E-state index in [1.807, 2.05) is 0 Å². The van der Waals surface area contributed by atoms with Crippen LogP contribution >= 0.6 is 0 Å². The fourth-order valence-electron chi connectivity index (χ4n) is 2.48. The summed E-state index contributed by atoms with van der Waals surface area (Å²) >= 11 is 0. The van der Waals surface area contributed by atoms with Crippen LogP contribution in [0.15, 0.2) is 48.2 Å². The van der Waals surface area contributed by atoms with E-state index in [0.29, 0.717) is 5.92 Å². The molecule has 0 spiro atoms. The molecule has 0 unspecified atom stereocenters. The third kappa shape index (κ3) is 2.27. The van der Waals surface area contributed by atoms with E-state index in [4.69, 9.17) is 4.74 Å². The Morgan fingerprint density at radius 1 is 1.31 bits per heavy atom. The molecule has 16 heavy (non-hydrogen) atoms. The van der Waals surface area contributed by atoms with E-state index in [0.717, 1.165) is 12.8 Å². The molecule has 1 aromatic carbocycles. The van der Waals surface area contributed by atoms with Crippen molar-refractivity contribution in [2.75, 3.05) is 7.11 Å². The van der Waals surface area contributed by atoms with Crippen molar-refractivity contribution >= 4 is 0 Å². The minimum Gasteiger partial charge on any atom is -0.376 e. The summed E-state index contributed by atoms with van der Waals surface area (Å²) in [6, 6.07) is 10.7. The highest BCUT2D eigenvalue weighted by atomic mass is 16.5. The number of ether oxygens (including phenoxy) is 1. The van der Waals surface area contributed by atoms with Crippen molar-refractivity contribution in [3.05, 3.63) is 53.8 Å². The van der Waals surface area contributed by atoms with Gasteiger partial charge in [-0.2, -0.15) is 0 Å². The fourth-order valence-corrected chi connectivity index (χ4v) is 2.48. The first-order valence-corrected chi connectivity index (χ1v) is 5.81. The summed E-state index contributed by atoms with van der Waals surface area (Å²) in [6.45, 7) is 3.74. The van der Waals surface area contributed by atoms with Gasteiger partial charge >= 0.3 is 0 Å². The molecule has 0 aliphatic heterocycles. The SMILES string of the molecule is C=C=C1CC[C@H](c2ccccc2)C[C@H]1OC. The van der Waals surface area contributed by atoms with Crippen molar-refractivity contribution in [1.82, 2.24) is 0 Å². The van der Waals surface area contributed by atoms with Crippen LogP contribution in [-0.4, -0.2) is 13.2 Å². The third-order valence-corrected chi connectivity index (χ3v) is 3.43. The zero-order valence-corrected chi connectivity index (χ0v) is 9.78. The Hall–Kier alpha value is -1.30. The molecule has 1 aliphatic rings. The fraction of sp³-hybridized carbons (Fsp3) is 0.400. The van der Waals surface area contributed by atoms with Crippen LogP contribution in [0.4, 0.5) is 0 Å². The van der Waals surface area contributed by atoms with Gasteiger partial charge in [0.2, 0.25) is 0 Å². The molecule has 1 fully saturated rings. The number of rotatable bonds is 2. The molecule has 1 aliphatic carbocycles. The van der Waals surface area contributed by atoms with Crippen molar-refractivity contribution in [3.63, 3.8) is 0 Å². The van der Waals surface area contributed by atoms with E-state index in [1.165, 1.54) is 17.6 Å².